The van der Waals surface area contributed by atoms with Crippen molar-refractivity contribution in [2.24, 2.45) is 0 Å². The molecule has 1 spiro atoms. The highest BCUT2D eigenvalue weighted by atomic mass is 19.4. The van der Waals surface area contributed by atoms with Crippen LogP contribution in [0.5, 0.6) is 0 Å². The first kappa shape index (κ1) is 18.9. The smallest absolute Gasteiger partial charge is 0.356 e. The van der Waals surface area contributed by atoms with Crippen LogP contribution in [0, 0.1) is 6.92 Å². The highest BCUT2D eigenvalue weighted by Gasteiger charge is 2.40. The highest BCUT2D eigenvalue weighted by Crippen LogP contribution is 2.34. The first-order valence-corrected chi connectivity index (χ1v) is 9.16. The van der Waals surface area contributed by atoms with Gasteiger partial charge in [0, 0.05) is 37.7 Å². The maximum Gasteiger partial charge on any atom is 0.416 e. The molecule has 0 bridgehead atoms. The van der Waals surface area contributed by atoms with Gasteiger partial charge in [-0.1, -0.05) is 6.07 Å². The van der Waals surface area contributed by atoms with Gasteiger partial charge in [-0.2, -0.15) is 13.2 Å². The van der Waals surface area contributed by atoms with Gasteiger partial charge in [-0.15, -0.1) is 0 Å². The Labute approximate surface area is 160 Å². The molecule has 0 radical (unpaired) electrons. The van der Waals surface area contributed by atoms with Crippen molar-refractivity contribution in [2.45, 2.75) is 31.7 Å². The number of ether oxygens (including phenoxy) is 2. The molecule has 3 heterocycles. The van der Waals surface area contributed by atoms with Gasteiger partial charge in [0.1, 0.15) is 17.5 Å². The summed E-state index contributed by atoms with van der Waals surface area (Å²) in [5.74, 6) is 1.25. The molecule has 6 nitrogen and oxygen atoms in total. The largest absolute Gasteiger partial charge is 0.416 e. The van der Waals surface area contributed by atoms with Gasteiger partial charge in [0.2, 0.25) is 0 Å². The fourth-order valence-corrected chi connectivity index (χ4v) is 3.56. The lowest BCUT2D eigenvalue weighted by molar-refractivity contribution is -0.169. The van der Waals surface area contributed by atoms with Crippen molar-refractivity contribution >= 4 is 17.3 Å². The fourth-order valence-electron chi connectivity index (χ4n) is 3.56. The second-order valence-electron chi connectivity index (χ2n) is 6.96. The number of piperidine rings is 1. The zero-order chi connectivity index (χ0) is 19.8. The zero-order valence-corrected chi connectivity index (χ0v) is 15.4. The minimum Gasteiger partial charge on any atom is -0.356 e. The molecular weight excluding hydrogens is 373 g/mol. The van der Waals surface area contributed by atoms with E-state index in [4.69, 9.17) is 9.47 Å². The van der Waals surface area contributed by atoms with Crippen molar-refractivity contribution in [1.29, 1.82) is 0 Å². The summed E-state index contributed by atoms with van der Waals surface area (Å²) in [6.45, 7) is 4.45. The third kappa shape index (κ3) is 4.05. The molecule has 0 atom stereocenters. The van der Waals surface area contributed by atoms with E-state index in [9.17, 15) is 13.2 Å². The quantitative estimate of drug-likeness (QED) is 0.852. The molecule has 2 fully saturated rings. The van der Waals surface area contributed by atoms with Crippen LogP contribution in [0.15, 0.2) is 30.3 Å². The normalized spacial score (nSPS) is 19.2. The van der Waals surface area contributed by atoms with Crippen LogP contribution < -0.4 is 10.2 Å². The van der Waals surface area contributed by atoms with E-state index in [1.807, 2.05) is 0 Å². The zero-order valence-electron chi connectivity index (χ0n) is 15.4. The number of anilines is 3. The number of nitrogens with zero attached hydrogens (tertiary/aromatic N) is 3. The number of halogens is 3. The Bertz CT molecular complexity index is 843. The van der Waals surface area contributed by atoms with Crippen molar-refractivity contribution in [2.75, 3.05) is 36.5 Å². The van der Waals surface area contributed by atoms with Crippen LogP contribution in [0.2, 0.25) is 0 Å². The molecule has 1 aromatic heterocycles. The van der Waals surface area contributed by atoms with Crippen LogP contribution in [0.4, 0.5) is 30.5 Å². The lowest BCUT2D eigenvalue weighted by Gasteiger charge is -2.38. The second kappa shape index (κ2) is 7.21. The standard InChI is InChI=1S/C19H21F3N4O2/c1-13-23-16(25-15-4-2-3-14(11-15)19(20,21)22)12-17(24-13)26-7-5-18(6-8-26)27-9-10-28-18/h2-4,11-12H,5-10H2,1H3,(H,23,24,25). The van der Waals surface area contributed by atoms with E-state index in [-0.39, 0.29) is 0 Å². The maximum atomic E-state index is 12.9. The SMILES string of the molecule is Cc1nc(Nc2cccc(C(F)(F)F)c2)cc(N2CCC3(CC2)OCCO3)n1. The molecule has 2 saturated heterocycles. The van der Waals surface area contributed by atoms with Crippen LogP contribution >= 0.6 is 0 Å². The molecule has 150 valence electrons. The molecule has 2 aromatic rings. The van der Waals surface area contributed by atoms with E-state index < -0.39 is 17.5 Å². The lowest BCUT2D eigenvalue weighted by atomic mass is 10.0. The van der Waals surface area contributed by atoms with E-state index in [2.05, 4.69) is 20.2 Å². The Balaban J connectivity index is 1.50. The molecule has 0 unspecified atom stereocenters. The molecule has 2 aliphatic rings. The molecule has 2 aliphatic heterocycles. The summed E-state index contributed by atoms with van der Waals surface area (Å²) in [5, 5.41) is 2.96. The van der Waals surface area contributed by atoms with Crippen LogP contribution in [0.1, 0.15) is 24.2 Å². The van der Waals surface area contributed by atoms with Gasteiger partial charge in [0.15, 0.2) is 5.79 Å². The molecule has 9 heteroatoms. The summed E-state index contributed by atoms with van der Waals surface area (Å²) in [5.41, 5.74) is -0.384. The number of rotatable bonds is 3. The van der Waals surface area contributed by atoms with Gasteiger partial charge in [0.25, 0.3) is 0 Å². The predicted octanol–water partition coefficient (Wildman–Crippen LogP) is 3.89. The monoisotopic (exact) mass is 394 g/mol. The number of alkyl halides is 3. The van der Waals surface area contributed by atoms with E-state index in [0.717, 1.165) is 43.9 Å². The number of benzene rings is 1. The average Bonchev–Trinajstić information content (AvgIpc) is 3.09. The van der Waals surface area contributed by atoms with Crippen molar-refractivity contribution in [3.8, 4) is 0 Å². The minimum atomic E-state index is -4.39. The van der Waals surface area contributed by atoms with Crippen LogP contribution in [0.25, 0.3) is 0 Å². The van der Waals surface area contributed by atoms with Crippen LogP contribution in [0.3, 0.4) is 0 Å². The number of aromatic nitrogens is 2. The van der Waals surface area contributed by atoms with Crippen LogP contribution in [-0.4, -0.2) is 42.1 Å². The Morgan fingerprint density at radius 2 is 1.79 bits per heavy atom. The first-order valence-electron chi connectivity index (χ1n) is 9.16. The molecule has 0 aliphatic carbocycles. The summed E-state index contributed by atoms with van der Waals surface area (Å²) in [6.07, 6.45) is -2.91. The molecule has 1 N–H and O–H groups in total. The van der Waals surface area contributed by atoms with E-state index in [1.54, 1.807) is 19.1 Å². The van der Waals surface area contributed by atoms with Gasteiger partial charge >= 0.3 is 6.18 Å². The van der Waals surface area contributed by atoms with E-state index >= 15 is 0 Å². The molecule has 0 saturated carbocycles. The molecule has 28 heavy (non-hydrogen) atoms. The predicted molar refractivity (Wildman–Crippen MR) is 97.6 cm³/mol. The second-order valence-corrected chi connectivity index (χ2v) is 6.96. The number of aryl methyl sites for hydroxylation is 1. The molecule has 0 amide bonds. The maximum absolute atomic E-state index is 12.9. The number of hydrogen-bond acceptors (Lipinski definition) is 6. The summed E-state index contributed by atoms with van der Waals surface area (Å²) in [7, 11) is 0. The summed E-state index contributed by atoms with van der Waals surface area (Å²) in [6, 6.07) is 6.80. The number of nitrogens with one attached hydrogen (secondary N) is 1. The summed E-state index contributed by atoms with van der Waals surface area (Å²) in [4.78, 5) is 10.9. The first-order chi connectivity index (χ1) is 13.3. The Kier molecular flexibility index (Phi) is 4.88. The summed E-state index contributed by atoms with van der Waals surface area (Å²) < 4.78 is 50.3. The van der Waals surface area contributed by atoms with Crippen molar-refractivity contribution in [3.05, 3.63) is 41.7 Å². The van der Waals surface area contributed by atoms with Crippen molar-refractivity contribution < 1.29 is 22.6 Å². The van der Waals surface area contributed by atoms with Gasteiger partial charge < -0.3 is 19.7 Å². The van der Waals surface area contributed by atoms with Crippen molar-refractivity contribution in [1.82, 2.24) is 9.97 Å². The van der Waals surface area contributed by atoms with E-state index in [0.29, 0.717) is 30.5 Å². The topological polar surface area (TPSA) is 59.5 Å². The number of hydrogen-bond donors (Lipinski definition) is 1. The minimum absolute atomic E-state index is 0.323. The lowest BCUT2D eigenvalue weighted by Crippen LogP contribution is -2.45. The molecule has 4 rings (SSSR count). The average molecular weight is 394 g/mol. The van der Waals surface area contributed by atoms with Gasteiger partial charge in [-0.25, -0.2) is 9.97 Å². The van der Waals surface area contributed by atoms with Gasteiger partial charge in [-0.05, 0) is 25.1 Å². The third-order valence-corrected chi connectivity index (χ3v) is 4.95. The van der Waals surface area contributed by atoms with E-state index in [1.165, 1.54) is 6.07 Å². The highest BCUT2D eigenvalue weighted by molar-refractivity contribution is 5.60. The van der Waals surface area contributed by atoms with Gasteiger partial charge in [-0.3, -0.25) is 0 Å². The Hall–Kier alpha value is -2.39. The Morgan fingerprint density at radius 3 is 2.46 bits per heavy atom. The molecular formula is C19H21F3N4O2. The van der Waals surface area contributed by atoms with Crippen molar-refractivity contribution in [3.63, 3.8) is 0 Å². The third-order valence-electron chi connectivity index (χ3n) is 4.95. The summed E-state index contributed by atoms with van der Waals surface area (Å²) >= 11 is 0. The fraction of sp³-hybridized carbons (Fsp3) is 0.474. The molecule has 1 aromatic carbocycles. The van der Waals surface area contributed by atoms with Crippen LogP contribution in [-0.2, 0) is 15.7 Å². The van der Waals surface area contributed by atoms with Gasteiger partial charge in [0.05, 0.1) is 18.8 Å². The Morgan fingerprint density at radius 1 is 1.07 bits per heavy atom.